The van der Waals surface area contributed by atoms with Gasteiger partial charge in [-0.05, 0) is 17.7 Å². The lowest BCUT2D eigenvalue weighted by Crippen LogP contribution is -2.32. The standard InChI is InChI=1S/C18H21N3O4/c1-23-14-5-3-4-13(10-14)11-18(22)21-9-8-15(12-21)25-17-7-6-16(24-2)19-20-17/h3-7,10,15H,8-9,11-12H2,1-2H3/t15-/m1/s1. The van der Waals surface area contributed by atoms with E-state index in [4.69, 9.17) is 14.2 Å². The van der Waals surface area contributed by atoms with E-state index < -0.39 is 0 Å². The molecule has 7 nitrogen and oxygen atoms in total. The number of nitrogens with zero attached hydrogens (tertiary/aromatic N) is 3. The largest absolute Gasteiger partial charge is 0.497 e. The van der Waals surface area contributed by atoms with E-state index in [1.165, 1.54) is 7.11 Å². The fourth-order valence-electron chi connectivity index (χ4n) is 2.77. The van der Waals surface area contributed by atoms with E-state index in [0.717, 1.165) is 17.7 Å². The lowest BCUT2D eigenvalue weighted by Gasteiger charge is -2.17. The molecule has 0 spiro atoms. The molecule has 0 saturated carbocycles. The Bertz CT molecular complexity index is 721. The maximum absolute atomic E-state index is 12.5. The zero-order valence-corrected chi connectivity index (χ0v) is 14.3. The first-order chi connectivity index (χ1) is 12.2. The first-order valence-electron chi connectivity index (χ1n) is 8.13. The van der Waals surface area contributed by atoms with E-state index in [1.54, 1.807) is 19.2 Å². The van der Waals surface area contributed by atoms with Crippen molar-refractivity contribution < 1.29 is 19.0 Å². The van der Waals surface area contributed by atoms with Crippen LogP contribution in [0.15, 0.2) is 36.4 Å². The molecule has 7 heteroatoms. The molecule has 0 unspecified atom stereocenters. The molecule has 1 aliphatic rings. The number of hydrogen-bond acceptors (Lipinski definition) is 6. The van der Waals surface area contributed by atoms with Gasteiger partial charge in [-0.25, -0.2) is 0 Å². The van der Waals surface area contributed by atoms with Gasteiger partial charge in [-0.2, -0.15) is 0 Å². The van der Waals surface area contributed by atoms with Crippen LogP contribution in [0.1, 0.15) is 12.0 Å². The van der Waals surface area contributed by atoms with Gasteiger partial charge in [-0.1, -0.05) is 12.1 Å². The Morgan fingerprint density at radius 1 is 1.16 bits per heavy atom. The second kappa shape index (κ2) is 7.83. The maximum atomic E-state index is 12.5. The third-order valence-corrected chi connectivity index (χ3v) is 4.10. The molecule has 0 radical (unpaired) electrons. The number of carbonyl (C=O) groups excluding carboxylic acids is 1. The summed E-state index contributed by atoms with van der Waals surface area (Å²) in [5, 5.41) is 7.83. The number of likely N-dealkylation sites (tertiary alicyclic amines) is 1. The molecule has 3 rings (SSSR count). The summed E-state index contributed by atoms with van der Waals surface area (Å²) in [4.78, 5) is 14.3. The van der Waals surface area contributed by atoms with Crippen molar-refractivity contribution >= 4 is 5.91 Å². The van der Waals surface area contributed by atoms with Gasteiger partial charge in [0.25, 0.3) is 0 Å². The lowest BCUT2D eigenvalue weighted by atomic mass is 10.1. The number of hydrogen-bond donors (Lipinski definition) is 0. The SMILES string of the molecule is COc1cccc(CC(=O)N2CC[C@@H](Oc3ccc(OC)nn3)C2)c1. The highest BCUT2D eigenvalue weighted by Crippen LogP contribution is 2.19. The van der Waals surface area contributed by atoms with E-state index in [2.05, 4.69) is 10.2 Å². The third-order valence-electron chi connectivity index (χ3n) is 4.10. The van der Waals surface area contributed by atoms with E-state index in [1.807, 2.05) is 29.2 Å². The molecule has 0 N–H and O–H groups in total. The molecule has 2 heterocycles. The maximum Gasteiger partial charge on any atom is 0.233 e. The van der Waals surface area contributed by atoms with Gasteiger partial charge in [0, 0.05) is 25.1 Å². The van der Waals surface area contributed by atoms with Crippen LogP contribution in [0, 0.1) is 0 Å². The van der Waals surface area contributed by atoms with Crippen molar-refractivity contribution in [3.8, 4) is 17.5 Å². The highest BCUT2D eigenvalue weighted by Gasteiger charge is 2.28. The van der Waals surface area contributed by atoms with Gasteiger partial charge in [-0.15, -0.1) is 10.2 Å². The molecule has 1 aliphatic heterocycles. The first kappa shape index (κ1) is 17.0. The summed E-state index contributed by atoms with van der Waals surface area (Å²) in [5.41, 5.74) is 0.940. The van der Waals surface area contributed by atoms with Crippen molar-refractivity contribution in [1.82, 2.24) is 15.1 Å². The zero-order valence-electron chi connectivity index (χ0n) is 14.3. The summed E-state index contributed by atoms with van der Waals surface area (Å²) >= 11 is 0. The Labute approximate surface area is 146 Å². The minimum Gasteiger partial charge on any atom is -0.497 e. The van der Waals surface area contributed by atoms with Crippen molar-refractivity contribution in [2.75, 3.05) is 27.3 Å². The minimum absolute atomic E-state index is 0.0723. The topological polar surface area (TPSA) is 73.8 Å². The monoisotopic (exact) mass is 343 g/mol. The molecular weight excluding hydrogens is 322 g/mol. The number of ether oxygens (including phenoxy) is 3. The number of rotatable bonds is 6. The van der Waals surface area contributed by atoms with Crippen LogP contribution in [0.5, 0.6) is 17.5 Å². The molecule has 1 aromatic heterocycles. The van der Waals surface area contributed by atoms with Gasteiger partial charge in [-0.3, -0.25) is 4.79 Å². The summed E-state index contributed by atoms with van der Waals surface area (Å²) in [6.07, 6.45) is 1.06. The van der Waals surface area contributed by atoms with Crippen molar-refractivity contribution in [3.05, 3.63) is 42.0 Å². The zero-order chi connectivity index (χ0) is 17.6. The summed E-state index contributed by atoms with van der Waals surface area (Å²) < 4.78 is 16.0. The minimum atomic E-state index is -0.0723. The van der Waals surface area contributed by atoms with Crippen LogP contribution in [-0.2, 0) is 11.2 Å². The number of aromatic nitrogens is 2. The molecule has 1 amide bonds. The Morgan fingerprint density at radius 2 is 1.96 bits per heavy atom. The fourth-order valence-corrected chi connectivity index (χ4v) is 2.77. The van der Waals surface area contributed by atoms with Crippen molar-refractivity contribution in [1.29, 1.82) is 0 Å². The van der Waals surface area contributed by atoms with Crippen molar-refractivity contribution in [3.63, 3.8) is 0 Å². The molecule has 1 fully saturated rings. The summed E-state index contributed by atoms with van der Waals surface area (Å²) in [6.45, 7) is 1.23. The summed E-state index contributed by atoms with van der Waals surface area (Å²) in [7, 11) is 3.15. The van der Waals surface area contributed by atoms with Crippen molar-refractivity contribution in [2.24, 2.45) is 0 Å². The summed E-state index contributed by atoms with van der Waals surface area (Å²) in [5.74, 6) is 1.72. The Morgan fingerprint density at radius 3 is 2.68 bits per heavy atom. The molecule has 0 bridgehead atoms. The predicted octanol–water partition coefficient (Wildman–Crippen LogP) is 1.72. The van der Waals surface area contributed by atoms with Gasteiger partial charge in [0.1, 0.15) is 11.9 Å². The van der Waals surface area contributed by atoms with Crippen LogP contribution in [-0.4, -0.2) is 54.4 Å². The Kier molecular flexibility index (Phi) is 5.33. The molecule has 1 aromatic carbocycles. The number of benzene rings is 1. The van der Waals surface area contributed by atoms with Crippen LogP contribution >= 0.6 is 0 Å². The molecule has 132 valence electrons. The average molecular weight is 343 g/mol. The van der Waals surface area contributed by atoms with Crippen LogP contribution in [0.3, 0.4) is 0 Å². The van der Waals surface area contributed by atoms with Crippen LogP contribution in [0.4, 0.5) is 0 Å². The highest BCUT2D eigenvalue weighted by atomic mass is 16.5. The quantitative estimate of drug-likeness (QED) is 0.795. The molecular formula is C18H21N3O4. The van der Waals surface area contributed by atoms with Gasteiger partial charge >= 0.3 is 0 Å². The molecule has 1 atom stereocenters. The Hall–Kier alpha value is -2.83. The van der Waals surface area contributed by atoms with Crippen molar-refractivity contribution in [2.45, 2.75) is 18.9 Å². The lowest BCUT2D eigenvalue weighted by molar-refractivity contribution is -0.129. The van der Waals surface area contributed by atoms with Gasteiger partial charge < -0.3 is 19.1 Å². The van der Waals surface area contributed by atoms with Crippen LogP contribution in [0.25, 0.3) is 0 Å². The second-order valence-electron chi connectivity index (χ2n) is 5.81. The van der Waals surface area contributed by atoms with Gasteiger partial charge in [0.2, 0.25) is 17.7 Å². The predicted molar refractivity (Wildman–Crippen MR) is 90.9 cm³/mol. The molecule has 0 aliphatic carbocycles. The third kappa shape index (κ3) is 4.37. The average Bonchev–Trinajstić information content (AvgIpc) is 3.11. The smallest absolute Gasteiger partial charge is 0.233 e. The van der Waals surface area contributed by atoms with Crippen LogP contribution < -0.4 is 14.2 Å². The Balaban J connectivity index is 1.53. The number of methoxy groups -OCH3 is 2. The normalized spacial score (nSPS) is 16.6. The number of carbonyl (C=O) groups is 1. The van der Waals surface area contributed by atoms with E-state index in [0.29, 0.717) is 31.3 Å². The van der Waals surface area contributed by atoms with Gasteiger partial charge in [0.05, 0.1) is 27.2 Å². The fraction of sp³-hybridized carbons (Fsp3) is 0.389. The van der Waals surface area contributed by atoms with E-state index in [-0.39, 0.29) is 12.0 Å². The number of amides is 1. The summed E-state index contributed by atoms with van der Waals surface area (Å²) in [6, 6.07) is 11.0. The highest BCUT2D eigenvalue weighted by molar-refractivity contribution is 5.79. The molecule has 25 heavy (non-hydrogen) atoms. The van der Waals surface area contributed by atoms with E-state index >= 15 is 0 Å². The second-order valence-corrected chi connectivity index (χ2v) is 5.81. The van der Waals surface area contributed by atoms with Gasteiger partial charge in [0.15, 0.2) is 0 Å². The molecule has 1 saturated heterocycles. The van der Waals surface area contributed by atoms with E-state index in [9.17, 15) is 4.79 Å². The first-order valence-corrected chi connectivity index (χ1v) is 8.13. The van der Waals surface area contributed by atoms with Crippen LogP contribution in [0.2, 0.25) is 0 Å². The molecule has 2 aromatic rings.